The van der Waals surface area contributed by atoms with Crippen LogP contribution in [-0.4, -0.2) is 36.9 Å². The van der Waals surface area contributed by atoms with E-state index in [4.69, 9.17) is 21.1 Å². The number of carbonyl (C=O) groups is 1. The Morgan fingerprint density at radius 3 is 2.65 bits per heavy atom. The van der Waals surface area contributed by atoms with Crippen LogP contribution in [0.4, 0.5) is 0 Å². The first-order valence-corrected chi connectivity index (χ1v) is 8.42. The van der Waals surface area contributed by atoms with Gasteiger partial charge in [0.1, 0.15) is 0 Å². The fourth-order valence-electron chi connectivity index (χ4n) is 2.68. The second-order valence-corrected chi connectivity index (χ2v) is 6.22. The number of hydrogen-bond acceptors (Lipinski definition) is 4. The molecule has 5 nitrogen and oxygen atoms in total. The normalized spacial score (nSPS) is 20.9. The van der Waals surface area contributed by atoms with Gasteiger partial charge in [0.25, 0.3) is 5.91 Å². The summed E-state index contributed by atoms with van der Waals surface area (Å²) in [5.41, 5.74) is 0.446. The van der Waals surface area contributed by atoms with Gasteiger partial charge in [0.2, 0.25) is 0 Å². The lowest BCUT2D eigenvalue weighted by atomic mass is 9.93. The van der Waals surface area contributed by atoms with Gasteiger partial charge in [-0.1, -0.05) is 18.5 Å². The molecule has 128 valence electrons. The Balaban J connectivity index is 2.09. The quantitative estimate of drug-likeness (QED) is 0.834. The van der Waals surface area contributed by atoms with Crippen molar-refractivity contribution in [1.29, 1.82) is 0 Å². The molecule has 0 unspecified atom stereocenters. The van der Waals surface area contributed by atoms with E-state index in [9.17, 15) is 9.90 Å². The van der Waals surface area contributed by atoms with Gasteiger partial charge in [-0.15, -0.1) is 0 Å². The van der Waals surface area contributed by atoms with Crippen LogP contribution in [0.5, 0.6) is 11.5 Å². The molecule has 2 rings (SSSR count). The van der Waals surface area contributed by atoms with Gasteiger partial charge in [0.05, 0.1) is 24.8 Å². The number of rotatable bonds is 6. The van der Waals surface area contributed by atoms with Crippen molar-refractivity contribution in [2.75, 3.05) is 13.7 Å². The maximum Gasteiger partial charge on any atom is 0.251 e. The number of aliphatic hydroxyl groups is 1. The Hall–Kier alpha value is -1.46. The van der Waals surface area contributed by atoms with Crippen molar-refractivity contribution in [3.05, 3.63) is 22.7 Å². The third-order valence-corrected chi connectivity index (χ3v) is 4.25. The number of carbonyl (C=O) groups excluding carboxylic acids is 1. The van der Waals surface area contributed by atoms with Gasteiger partial charge in [0.15, 0.2) is 11.5 Å². The van der Waals surface area contributed by atoms with Crippen LogP contribution in [-0.2, 0) is 0 Å². The smallest absolute Gasteiger partial charge is 0.251 e. The van der Waals surface area contributed by atoms with E-state index in [0.29, 0.717) is 28.7 Å². The molecule has 1 fully saturated rings. The van der Waals surface area contributed by atoms with Crippen molar-refractivity contribution < 1.29 is 19.4 Å². The molecule has 0 atom stereocenters. The van der Waals surface area contributed by atoms with Crippen molar-refractivity contribution >= 4 is 17.5 Å². The number of methoxy groups -OCH3 is 1. The first kappa shape index (κ1) is 17.9. The molecular formula is C17H24ClNO4. The van der Waals surface area contributed by atoms with Gasteiger partial charge >= 0.3 is 0 Å². The minimum Gasteiger partial charge on any atom is -0.493 e. The number of nitrogens with one attached hydrogen (secondary N) is 1. The summed E-state index contributed by atoms with van der Waals surface area (Å²) in [6.45, 7) is 2.54. The summed E-state index contributed by atoms with van der Waals surface area (Å²) in [4.78, 5) is 12.4. The summed E-state index contributed by atoms with van der Waals surface area (Å²) < 4.78 is 10.9. The topological polar surface area (TPSA) is 67.8 Å². The van der Waals surface area contributed by atoms with E-state index in [2.05, 4.69) is 5.32 Å². The van der Waals surface area contributed by atoms with E-state index in [0.717, 1.165) is 32.1 Å². The summed E-state index contributed by atoms with van der Waals surface area (Å²) in [5, 5.41) is 12.9. The highest BCUT2D eigenvalue weighted by molar-refractivity contribution is 6.32. The van der Waals surface area contributed by atoms with Crippen LogP contribution >= 0.6 is 11.6 Å². The molecule has 0 spiro atoms. The first-order valence-electron chi connectivity index (χ1n) is 8.04. The number of benzene rings is 1. The zero-order chi connectivity index (χ0) is 16.8. The number of halogens is 1. The lowest BCUT2D eigenvalue weighted by Crippen LogP contribution is -2.38. The van der Waals surface area contributed by atoms with Crippen molar-refractivity contribution in [2.24, 2.45) is 0 Å². The van der Waals surface area contributed by atoms with E-state index in [1.165, 1.54) is 7.11 Å². The van der Waals surface area contributed by atoms with E-state index in [1.54, 1.807) is 12.1 Å². The Bertz CT molecular complexity index is 542. The van der Waals surface area contributed by atoms with Gasteiger partial charge in [0, 0.05) is 11.6 Å². The molecule has 1 amide bonds. The zero-order valence-corrected chi connectivity index (χ0v) is 14.4. The molecule has 0 aliphatic heterocycles. The molecule has 0 radical (unpaired) electrons. The van der Waals surface area contributed by atoms with E-state index in [-0.39, 0.29) is 18.1 Å². The Labute approximate surface area is 141 Å². The van der Waals surface area contributed by atoms with Gasteiger partial charge < -0.3 is 19.9 Å². The molecule has 1 aliphatic rings. The van der Waals surface area contributed by atoms with Crippen molar-refractivity contribution in [1.82, 2.24) is 5.32 Å². The van der Waals surface area contributed by atoms with Gasteiger partial charge in [-0.05, 0) is 44.2 Å². The van der Waals surface area contributed by atoms with E-state index < -0.39 is 0 Å². The summed E-state index contributed by atoms with van der Waals surface area (Å²) in [6.07, 6.45) is 3.63. The van der Waals surface area contributed by atoms with Gasteiger partial charge in [-0.3, -0.25) is 4.79 Å². The molecule has 6 heteroatoms. The summed E-state index contributed by atoms with van der Waals surface area (Å²) in [7, 11) is 1.52. The van der Waals surface area contributed by atoms with Crippen LogP contribution < -0.4 is 14.8 Å². The fourth-order valence-corrected chi connectivity index (χ4v) is 2.95. The lowest BCUT2D eigenvalue weighted by molar-refractivity contribution is 0.0867. The predicted octanol–water partition coefficient (Wildman–Crippen LogP) is 3.17. The predicted molar refractivity (Wildman–Crippen MR) is 89.5 cm³/mol. The van der Waals surface area contributed by atoms with Crippen LogP contribution in [0.1, 0.15) is 49.4 Å². The standard InChI is InChI=1S/C17H24ClNO4/c1-3-8-23-16-14(18)9-11(10-15(16)22-2)17(21)19-12-4-6-13(20)7-5-12/h9-10,12-13,20H,3-8H2,1-2H3,(H,19,21). The number of amides is 1. The molecular weight excluding hydrogens is 318 g/mol. The third-order valence-electron chi connectivity index (χ3n) is 3.97. The molecule has 0 bridgehead atoms. The van der Waals surface area contributed by atoms with Crippen molar-refractivity contribution in [2.45, 2.75) is 51.2 Å². The number of aliphatic hydroxyl groups excluding tert-OH is 1. The molecule has 0 saturated heterocycles. The Morgan fingerprint density at radius 1 is 1.35 bits per heavy atom. The summed E-state index contributed by atoms with van der Waals surface area (Å²) in [5.74, 6) is 0.733. The highest BCUT2D eigenvalue weighted by Gasteiger charge is 2.22. The lowest BCUT2D eigenvalue weighted by Gasteiger charge is -2.26. The van der Waals surface area contributed by atoms with E-state index in [1.807, 2.05) is 6.92 Å². The van der Waals surface area contributed by atoms with Crippen LogP contribution in [0, 0.1) is 0 Å². The molecule has 0 heterocycles. The monoisotopic (exact) mass is 341 g/mol. The highest BCUT2D eigenvalue weighted by Crippen LogP contribution is 2.36. The Kier molecular flexibility index (Phi) is 6.54. The maximum absolute atomic E-state index is 12.4. The minimum absolute atomic E-state index is 0.0895. The van der Waals surface area contributed by atoms with Crippen LogP contribution in [0.25, 0.3) is 0 Å². The van der Waals surface area contributed by atoms with Crippen LogP contribution in [0.15, 0.2) is 12.1 Å². The average molecular weight is 342 g/mol. The van der Waals surface area contributed by atoms with Gasteiger partial charge in [-0.2, -0.15) is 0 Å². The Morgan fingerprint density at radius 2 is 2.04 bits per heavy atom. The van der Waals surface area contributed by atoms with Gasteiger partial charge in [-0.25, -0.2) is 0 Å². The zero-order valence-electron chi connectivity index (χ0n) is 13.6. The highest BCUT2D eigenvalue weighted by atomic mass is 35.5. The third kappa shape index (κ3) is 4.75. The van der Waals surface area contributed by atoms with Crippen molar-refractivity contribution in [3.8, 4) is 11.5 Å². The second kappa shape index (κ2) is 8.41. The van der Waals surface area contributed by atoms with Crippen LogP contribution in [0.3, 0.4) is 0 Å². The molecule has 0 aromatic heterocycles. The number of ether oxygens (including phenoxy) is 2. The SMILES string of the molecule is CCCOc1c(Cl)cc(C(=O)NC2CCC(O)CC2)cc1OC. The maximum atomic E-state index is 12.4. The molecule has 23 heavy (non-hydrogen) atoms. The summed E-state index contributed by atoms with van der Waals surface area (Å²) in [6, 6.07) is 3.33. The molecule has 1 saturated carbocycles. The second-order valence-electron chi connectivity index (χ2n) is 5.82. The summed E-state index contributed by atoms with van der Waals surface area (Å²) >= 11 is 6.24. The molecule has 1 aromatic rings. The largest absolute Gasteiger partial charge is 0.493 e. The first-order chi connectivity index (χ1) is 11.0. The van der Waals surface area contributed by atoms with Crippen molar-refractivity contribution in [3.63, 3.8) is 0 Å². The van der Waals surface area contributed by atoms with Crippen LogP contribution in [0.2, 0.25) is 5.02 Å². The molecule has 2 N–H and O–H groups in total. The average Bonchev–Trinajstić information content (AvgIpc) is 2.55. The fraction of sp³-hybridized carbons (Fsp3) is 0.588. The number of hydrogen-bond donors (Lipinski definition) is 2. The molecule has 1 aromatic carbocycles. The minimum atomic E-state index is -0.243. The molecule has 1 aliphatic carbocycles. The van der Waals surface area contributed by atoms with E-state index >= 15 is 0 Å².